The molecule has 2 unspecified atom stereocenters. The lowest BCUT2D eigenvalue weighted by Gasteiger charge is -2.42. The maximum atomic E-state index is 2.85. The highest BCUT2D eigenvalue weighted by molar-refractivity contribution is 7.90. The Bertz CT molecular complexity index is 1460. The van der Waals surface area contributed by atoms with E-state index in [-0.39, 0.29) is 0 Å². The van der Waals surface area contributed by atoms with Crippen molar-refractivity contribution < 1.29 is 0 Å². The summed E-state index contributed by atoms with van der Waals surface area (Å²) in [6.45, 7) is 13.5. The molecule has 5 aromatic carbocycles. The molecule has 0 aromatic heterocycles. The van der Waals surface area contributed by atoms with Gasteiger partial charge in [0.05, 0.1) is 21.8 Å². The van der Waals surface area contributed by atoms with E-state index in [1.165, 1.54) is 60.3 Å². The Kier molecular flexibility index (Phi) is 8.85. The molecule has 2 atom stereocenters. The summed E-state index contributed by atoms with van der Waals surface area (Å²) in [6, 6.07) is 43.5. The van der Waals surface area contributed by atoms with E-state index < -0.39 is 16.1 Å². The third-order valence-corrected chi connectivity index (χ3v) is 12.5. The smallest absolute Gasteiger partial charge is 0.0591 e. The Morgan fingerprint density at radius 1 is 0.475 bits per heavy atom. The summed E-state index contributed by atoms with van der Waals surface area (Å²) in [5, 5.41) is 5.55. The van der Waals surface area contributed by atoms with Crippen molar-refractivity contribution in [2.24, 2.45) is 0 Å². The molecule has 0 bridgehead atoms. The third kappa shape index (κ3) is 6.07. The molecule has 0 saturated carbocycles. The minimum absolute atomic E-state index is 0.905. The Morgan fingerprint density at radius 3 is 1.30 bits per heavy atom. The molecule has 202 valence electrons. The summed E-state index contributed by atoms with van der Waals surface area (Å²) in [4.78, 5) is 0. The lowest BCUT2D eigenvalue weighted by atomic mass is 10.1. The lowest BCUT2D eigenvalue weighted by molar-refractivity contribution is 1.13. The Morgan fingerprint density at radius 2 is 0.900 bits per heavy atom. The highest BCUT2D eigenvalue weighted by Gasteiger charge is 2.34. The van der Waals surface area contributed by atoms with Crippen LogP contribution in [-0.4, -0.2) is 0 Å². The van der Waals surface area contributed by atoms with Crippen LogP contribution in [0.2, 0.25) is 0 Å². The van der Waals surface area contributed by atoms with Crippen LogP contribution in [0.4, 0.5) is 5.69 Å². The van der Waals surface area contributed by atoms with Crippen molar-refractivity contribution in [1.82, 2.24) is 0 Å². The van der Waals surface area contributed by atoms with Gasteiger partial charge in [0.15, 0.2) is 0 Å². The molecule has 0 spiro atoms. The minimum Gasteiger partial charge on any atom is -0.312 e. The van der Waals surface area contributed by atoms with E-state index in [9.17, 15) is 0 Å². The van der Waals surface area contributed by atoms with Crippen molar-refractivity contribution >= 4 is 43.1 Å². The monoisotopic (exact) mass is 559 g/mol. The van der Waals surface area contributed by atoms with Gasteiger partial charge in [-0.15, -0.1) is 0 Å². The van der Waals surface area contributed by atoms with Gasteiger partial charge in [-0.3, -0.25) is 0 Å². The van der Waals surface area contributed by atoms with Crippen molar-refractivity contribution in [2.75, 3.05) is 4.44 Å². The topological polar surface area (TPSA) is 3.24 Å². The highest BCUT2D eigenvalue weighted by Crippen LogP contribution is 2.58. The second-order valence-corrected chi connectivity index (χ2v) is 15.1. The first kappa shape index (κ1) is 28.3. The van der Waals surface area contributed by atoms with Crippen LogP contribution in [0.3, 0.4) is 0 Å². The van der Waals surface area contributed by atoms with Crippen LogP contribution in [0.1, 0.15) is 40.3 Å². The predicted octanol–water partition coefficient (Wildman–Crippen LogP) is 8.69. The molecular formula is C37H39NP2. The molecule has 0 aliphatic carbocycles. The molecular weight excluding hydrogens is 520 g/mol. The van der Waals surface area contributed by atoms with Crippen LogP contribution in [0, 0.1) is 34.6 Å². The van der Waals surface area contributed by atoms with Gasteiger partial charge in [0.2, 0.25) is 0 Å². The van der Waals surface area contributed by atoms with Crippen molar-refractivity contribution in [3.63, 3.8) is 0 Å². The molecule has 0 fully saturated rings. The quantitative estimate of drug-likeness (QED) is 0.172. The number of rotatable bonds is 8. The first-order valence-corrected chi connectivity index (χ1v) is 16.7. The number of nitrogens with zero attached hydrogens (tertiary/aromatic N) is 1. The summed E-state index contributed by atoms with van der Waals surface area (Å²) in [7, 11) is -1.81. The van der Waals surface area contributed by atoms with E-state index in [2.05, 4.69) is 161 Å². The van der Waals surface area contributed by atoms with Gasteiger partial charge in [-0.2, -0.15) is 0 Å². The highest BCUT2D eigenvalue weighted by atomic mass is 31.2. The van der Waals surface area contributed by atoms with Crippen LogP contribution in [0.15, 0.2) is 115 Å². The zero-order valence-corrected chi connectivity index (χ0v) is 26.3. The van der Waals surface area contributed by atoms with Crippen LogP contribution < -0.4 is 25.7 Å². The maximum Gasteiger partial charge on any atom is 0.0591 e. The van der Waals surface area contributed by atoms with E-state index in [0.717, 1.165) is 6.42 Å². The fourth-order valence-electron chi connectivity index (χ4n) is 5.60. The van der Waals surface area contributed by atoms with E-state index in [0.29, 0.717) is 0 Å². The molecule has 0 heterocycles. The average molecular weight is 560 g/mol. The summed E-state index contributed by atoms with van der Waals surface area (Å²) in [5.74, 6) is 0. The number of hydrogen-bond donors (Lipinski definition) is 0. The van der Waals surface area contributed by atoms with Gasteiger partial charge in [0.1, 0.15) is 0 Å². The first-order valence-electron chi connectivity index (χ1n) is 14.1. The number of benzene rings is 5. The fraction of sp³-hybridized carbons (Fsp3) is 0.189. The predicted molar refractivity (Wildman–Crippen MR) is 180 cm³/mol. The number of hydrogen-bond acceptors (Lipinski definition) is 1. The van der Waals surface area contributed by atoms with Crippen LogP contribution in [-0.2, 0) is 6.42 Å². The van der Waals surface area contributed by atoms with Crippen LogP contribution in [0.5, 0.6) is 0 Å². The lowest BCUT2D eigenvalue weighted by Crippen LogP contribution is -2.33. The molecule has 0 aliphatic rings. The second-order valence-electron chi connectivity index (χ2n) is 10.7. The molecule has 0 saturated heterocycles. The van der Waals surface area contributed by atoms with Gasteiger partial charge >= 0.3 is 0 Å². The molecule has 0 aliphatic heterocycles. The van der Waals surface area contributed by atoms with E-state index in [4.69, 9.17) is 0 Å². The number of anilines is 1. The van der Waals surface area contributed by atoms with Gasteiger partial charge in [-0.05, 0) is 76.4 Å². The van der Waals surface area contributed by atoms with Crippen molar-refractivity contribution in [3.05, 3.63) is 149 Å². The maximum absolute atomic E-state index is 2.85. The molecule has 0 radical (unpaired) electrons. The third-order valence-electron chi connectivity index (χ3n) is 7.18. The van der Waals surface area contributed by atoms with E-state index in [1.807, 2.05) is 0 Å². The zero-order valence-electron chi connectivity index (χ0n) is 24.5. The van der Waals surface area contributed by atoms with Crippen LogP contribution >= 0.6 is 16.1 Å². The molecule has 1 nitrogen and oxygen atoms in total. The fourth-order valence-corrected chi connectivity index (χ4v) is 12.2. The molecule has 5 rings (SSSR count). The Balaban J connectivity index is 1.92. The molecule has 0 amide bonds. The van der Waals surface area contributed by atoms with Crippen molar-refractivity contribution in [3.8, 4) is 0 Å². The second kappa shape index (κ2) is 12.5. The largest absolute Gasteiger partial charge is 0.312 e. The van der Waals surface area contributed by atoms with Gasteiger partial charge in [-0.1, -0.05) is 120 Å². The van der Waals surface area contributed by atoms with Gasteiger partial charge < -0.3 is 4.44 Å². The minimum atomic E-state index is -0.905. The standard InChI is InChI=1S/C37H39NP2/c1-7-32-16-14-15-31(6)37(32)38(39(33-17-10-8-11-18-33)35-23-27(2)21-28(3)24-35)40(34-19-12-9-13-20-34)36-25-29(4)22-30(5)26-36/h8-26H,7H2,1-6H3. The number of para-hydroxylation sites is 1. The van der Waals surface area contributed by atoms with Crippen molar-refractivity contribution in [2.45, 2.75) is 48.0 Å². The van der Waals surface area contributed by atoms with E-state index in [1.54, 1.807) is 0 Å². The Labute approximate surface area is 243 Å². The normalized spacial score (nSPS) is 12.7. The zero-order chi connectivity index (χ0) is 28.2. The first-order chi connectivity index (χ1) is 19.4. The van der Waals surface area contributed by atoms with Crippen LogP contribution in [0.25, 0.3) is 0 Å². The Hall–Kier alpha value is -3.24. The molecule has 40 heavy (non-hydrogen) atoms. The molecule has 5 aromatic rings. The summed E-state index contributed by atoms with van der Waals surface area (Å²) >= 11 is 0. The number of aryl methyl sites for hydroxylation is 6. The summed E-state index contributed by atoms with van der Waals surface area (Å²) < 4.78 is 2.85. The summed E-state index contributed by atoms with van der Waals surface area (Å²) in [6.07, 6.45) is 0.989. The van der Waals surface area contributed by atoms with Gasteiger partial charge in [0, 0.05) is 21.2 Å². The van der Waals surface area contributed by atoms with E-state index >= 15 is 0 Å². The van der Waals surface area contributed by atoms with Crippen molar-refractivity contribution in [1.29, 1.82) is 0 Å². The average Bonchev–Trinajstić information content (AvgIpc) is 2.93. The van der Waals surface area contributed by atoms with Gasteiger partial charge in [-0.25, -0.2) is 0 Å². The SMILES string of the molecule is CCc1cccc(C)c1N(P(c1ccccc1)c1cc(C)cc(C)c1)P(c1ccccc1)c1cc(C)cc(C)c1. The molecule has 3 heteroatoms. The molecule has 0 N–H and O–H groups in total. The van der Waals surface area contributed by atoms with Gasteiger partial charge in [0.25, 0.3) is 0 Å². The summed E-state index contributed by atoms with van der Waals surface area (Å²) in [5.41, 5.74) is 9.38.